The first kappa shape index (κ1) is 13.0. The maximum absolute atomic E-state index is 11.9. The van der Waals surface area contributed by atoms with Crippen LogP contribution in [0.2, 0.25) is 0 Å². The molecule has 1 amide bonds. The first-order valence-corrected chi connectivity index (χ1v) is 7.37. The molecule has 2 N–H and O–H groups in total. The van der Waals surface area contributed by atoms with Crippen LogP contribution in [0.3, 0.4) is 0 Å². The van der Waals surface area contributed by atoms with Gasteiger partial charge in [-0.25, -0.2) is 4.98 Å². The number of carbonyl (C=O) groups is 1. The zero-order chi connectivity index (χ0) is 13.0. The molecule has 0 aliphatic heterocycles. The molecule has 2 aromatic rings. The van der Waals surface area contributed by atoms with Crippen molar-refractivity contribution in [1.29, 1.82) is 0 Å². The van der Waals surface area contributed by atoms with Gasteiger partial charge in [-0.05, 0) is 17.9 Å². The zero-order valence-corrected chi connectivity index (χ0v) is 11.8. The fourth-order valence-electron chi connectivity index (χ4n) is 1.55. The smallest absolute Gasteiger partial charge is 0.228 e. The number of likely N-dealkylation sites (N-methyl/N-ethyl adjacent to an activating group) is 1. The zero-order valence-electron chi connectivity index (χ0n) is 10.1. The van der Waals surface area contributed by atoms with E-state index in [4.69, 9.17) is 5.73 Å². The Morgan fingerprint density at radius 2 is 2.33 bits per heavy atom. The number of anilines is 1. The minimum absolute atomic E-state index is 0.0804. The van der Waals surface area contributed by atoms with Crippen molar-refractivity contribution in [2.75, 3.05) is 19.3 Å². The highest BCUT2D eigenvalue weighted by Crippen LogP contribution is 2.13. The van der Waals surface area contributed by atoms with Crippen LogP contribution in [-0.4, -0.2) is 29.4 Å². The largest absolute Gasteiger partial charge is 0.375 e. The van der Waals surface area contributed by atoms with Crippen molar-refractivity contribution < 1.29 is 4.79 Å². The van der Waals surface area contributed by atoms with Crippen molar-refractivity contribution >= 4 is 33.7 Å². The number of nitrogens with zero attached hydrogens (tertiary/aromatic N) is 2. The third kappa shape index (κ3) is 3.54. The molecule has 0 aliphatic carbocycles. The van der Waals surface area contributed by atoms with Gasteiger partial charge in [-0.15, -0.1) is 22.7 Å². The van der Waals surface area contributed by atoms with Crippen LogP contribution in [0.5, 0.6) is 0 Å². The Labute approximate surface area is 114 Å². The third-order valence-electron chi connectivity index (χ3n) is 2.60. The summed E-state index contributed by atoms with van der Waals surface area (Å²) < 4.78 is 0. The molecule has 0 aliphatic rings. The summed E-state index contributed by atoms with van der Waals surface area (Å²) in [6.45, 7) is 0.735. The van der Waals surface area contributed by atoms with Gasteiger partial charge < -0.3 is 10.6 Å². The van der Waals surface area contributed by atoms with Gasteiger partial charge in [0, 0.05) is 23.8 Å². The van der Waals surface area contributed by atoms with Crippen molar-refractivity contribution in [3.8, 4) is 0 Å². The number of nitrogens with two attached hydrogens (primary N) is 1. The number of aromatic nitrogens is 1. The van der Waals surface area contributed by atoms with Crippen molar-refractivity contribution in [1.82, 2.24) is 9.88 Å². The molecule has 0 saturated carbocycles. The van der Waals surface area contributed by atoms with Crippen LogP contribution in [0.15, 0.2) is 22.9 Å². The number of thiophene rings is 1. The van der Waals surface area contributed by atoms with E-state index in [0.717, 1.165) is 18.7 Å². The monoisotopic (exact) mass is 281 g/mol. The molecular weight excluding hydrogens is 266 g/mol. The summed E-state index contributed by atoms with van der Waals surface area (Å²) in [6, 6.07) is 4.12. The Balaban J connectivity index is 1.81. The Morgan fingerprint density at radius 1 is 1.50 bits per heavy atom. The van der Waals surface area contributed by atoms with E-state index in [2.05, 4.69) is 16.4 Å². The predicted molar refractivity (Wildman–Crippen MR) is 75.9 cm³/mol. The van der Waals surface area contributed by atoms with Gasteiger partial charge in [-0.3, -0.25) is 4.79 Å². The molecule has 2 aromatic heterocycles. The van der Waals surface area contributed by atoms with Crippen LogP contribution < -0.4 is 5.73 Å². The Hall–Kier alpha value is -1.40. The van der Waals surface area contributed by atoms with Crippen LogP contribution in [0.1, 0.15) is 10.6 Å². The van der Waals surface area contributed by atoms with Gasteiger partial charge >= 0.3 is 0 Å². The number of hydrogen-bond donors (Lipinski definition) is 1. The molecule has 0 saturated heterocycles. The van der Waals surface area contributed by atoms with Gasteiger partial charge in [0.15, 0.2) is 5.13 Å². The van der Waals surface area contributed by atoms with E-state index >= 15 is 0 Å². The summed E-state index contributed by atoms with van der Waals surface area (Å²) in [5.41, 5.74) is 6.29. The van der Waals surface area contributed by atoms with Crippen LogP contribution in [0.25, 0.3) is 0 Å². The van der Waals surface area contributed by atoms with Crippen molar-refractivity contribution in [2.45, 2.75) is 12.8 Å². The van der Waals surface area contributed by atoms with Crippen molar-refractivity contribution in [2.24, 2.45) is 0 Å². The van der Waals surface area contributed by atoms with Gasteiger partial charge in [0.1, 0.15) is 0 Å². The van der Waals surface area contributed by atoms with Gasteiger partial charge in [0.05, 0.1) is 12.1 Å². The van der Waals surface area contributed by atoms with E-state index in [1.54, 1.807) is 16.2 Å². The molecule has 0 atom stereocenters. The average molecular weight is 281 g/mol. The third-order valence-corrected chi connectivity index (χ3v) is 4.26. The molecule has 96 valence electrons. The SMILES string of the molecule is CN(CCc1cccs1)C(=O)Cc1csc(N)n1. The summed E-state index contributed by atoms with van der Waals surface area (Å²) >= 11 is 3.09. The van der Waals surface area contributed by atoms with Gasteiger partial charge in [-0.1, -0.05) is 6.07 Å². The normalized spacial score (nSPS) is 10.5. The van der Waals surface area contributed by atoms with Crippen LogP contribution >= 0.6 is 22.7 Å². The predicted octanol–water partition coefficient (Wildman–Crippen LogP) is 2.03. The van der Waals surface area contributed by atoms with E-state index < -0.39 is 0 Å². The maximum Gasteiger partial charge on any atom is 0.228 e. The molecule has 0 spiro atoms. The van der Waals surface area contributed by atoms with E-state index in [-0.39, 0.29) is 5.91 Å². The Morgan fingerprint density at radius 3 is 2.94 bits per heavy atom. The average Bonchev–Trinajstić information content (AvgIpc) is 2.97. The highest BCUT2D eigenvalue weighted by Gasteiger charge is 2.11. The van der Waals surface area contributed by atoms with E-state index in [1.165, 1.54) is 16.2 Å². The lowest BCUT2D eigenvalue weighted by atomic mass is 10.3. The first-order valence-electron chi connectivity index (χ1n) is 5.61. The standard InChI is InChI=1S/C12H15N3OS2/c1-15(5-4-10-3-2-6-17-10)11(16)7-9-8-18-12(13)14-9/h2-3,6,8H,4-5,7H2,1H3,(H2,13,14). The fraction of sp³-hybridized carbons (Fsp3) is 0.333. The molecule has 0 radical (unpaired) electrons. The molecule has 2 rings (SSSR count). The van der Waals surface area contributed by atoms with E-state index in [0.29, 0.717) is 11.6 Å². The van der Waals surface area contributed by atoms with Gasteiger partial charge in [0.2, 0.25) is 5.91 Å². The summed E-state index contributed by atoms with van der Waals surface area (Å²) in [4.78, 5) is 19.1. The van der Waals surface area contributed by atoms with Gasteiger partial charge in [0.25, 0.3) is 0 Å². The quantitative estimate of drug-likeness (QED) is 0.912. The summed E-state index contributed by atoms with van der Waals surface area (Å²) in [6.07, 6.45) is 1.23. The summed E-state index contributed by atoms with van der Waals surface area (Å²) in [7, 11) is 1.83. The maximum atomic E-state index is 11.9. The van der Waals surface area contributed by atoms with Crippen LogP contribution in [-0.2, 0) is 17.6 Å². The topological polar surface area (TPSA) is 59.2 Å². The minimum atomic E-state index is 0.0804. The molecule has 0 bridgehead atoms. The molecular formula is C12H15N3OS2. The highest BCUT2D eigenvalue weighted by molar-refractivity contribution is 7.13. The second-order valence-corrected chi connectivity index (χ2v) is 5.92. The number of amides is 1. The van der Waals surface area contributed by atoms with Gasteiger partial charge in [-0.2, -0.15) is 0 Å². The highest BCUT2D eigenvalue weighted by atomic mass is 32.1. The number of carbonyl (C=O) groups excluding carboxylic acids is 1. The molecule has 0 unspecified atom stereocenters. The molecule has 0 fully saturated rings. The second-order valence-electron chi connectivity index (χ2n) is 4.00. The van der Waals surface area contributed by atoms with Crippen molar-refractivity contribution in [3.63, 3.8) is 0 Å². The fourth-order valence-corrected chi connectivity index (χ4v) is 2.81. The molecule has 4 nitrogen and oxygen atoms in total. The van der Waals surface area contributed by atoms with E-state index in [9.17, 15) is 4.79 Å². The van der Waals surface area contributed by atoms with E-state index in [1.807, 2.05) is 18.5 Å². The number of thiazole rings is 1. The summed E-state index contributed by atoms with van der Waals surface area (Å²) in [5, 5.41) is 4.40. The second kappa shape index (κ2) is 5.97. The van der Waals surface area contributed by atoms with Crippen molar-refractivity contribution in [3.05, 3.63) is 33.5 Å². The lowest BCUT2D eigenvalue weighted by Crippen LogP contribution is -2.30. The first-order chi connectivity index (χ1) is 8.65. The van der Waals surface area contributed by atoms with Crippen LogP contribution in [0.4, 0.5) is 5.13 Å². The Kier molecular flexibility index (Phi) is 4.33. The number of nitrogen functional groups attached to an aromatic ring is 1. The number of rotatable bonds is 5. The number of hydrogen-bond acceptors (Lipinski definition) is 5. The minimum Gasteiger partial charge on any atom is -0.375 e. The molecule has 0 aromatic carbocycles. The lowest BCUT2D eigenvalue weighted by Gasteiger charge is -2.15. The molecule has 6 heteroatoms. The lowest BCUT2D eigenvalue weighted by molar-refractivity contribution is -0.129. The van der Waals surface area contributed by atoms with Crippen LogP contribution in [0, 0.1) is 0 Å². The summed E-state index contributed by atoms with van der Waals surface area (Å²) in [5.74, 6) is 0.0804. The Bertz CT molecular complexity index is 507. The molecule has 2 heterocycles. The molecule has 18 heavy (non-hydrogen) atoms.